The Morgan fingerprint density at radius 2 is 1.93 bits per heavy atom. The fourth-order valence-electron chi connectivity index (χ4n) is 0.757. The zero-order valence-corrected chi connectivity index (χ0v) is 8.87. The molecule has 0 bridgehead atoms. The standard InChI is InChI=1S/C7H4BrClF3NO/c8-3-1-5(13)6(2-4(3)9)14-7(10,11)12/h1-2H,13H2. The Kier molecular flexibility index (Phi) is 3.16. The summed E-state index contributed by atoms with van der Waals surface area (Å²) in [5.41, 5.74) is 5.14. The summed E-state index contributed by atoms with van der Waals surface area (Å²) >= 11 is 8.58. The molecule has 0 aliphatic rings. The van der Waals surface area contributed by atoms with Crippen LogP contribution in [0, 0.1) is 0 Å². The summed E-state index contributed by atoms with van der Waals surface area (Å²) in [5.74, 6) is -0.509. The summed E-state index contributed by atoms with van der Waals surface area (Å²) in [5, 5.41) is 0.0958. The van der Waals surface area contributed by atoms with Crippen molar-refractivity contribution in [1.82, 2.24) is 0 Å². The number of ether oxygens (including phenoxy) is 1. The number of alkyl halides is 3. The molecule has 0 atom stereocenters. The lowest BCUT2D eigenvalue weighted by atomic mass is 10.3. The highest BCUT2D eigenvalue weighted by Crippen LogP contribution is 2.35. The van der Waals surface area contributed by atoms with Gasteiger partial charge in [-0.25, -0.2) is 0 Å². The lowest BCUT2D eigenvalue weighted by Gasteiger charge is -2.11. The molecule has 0 radical (unpaired) electrons. The van der Waals surface area contributed by atoms with Crippen LogP contribution in [0.15, 0.2) is 16.6 Å². The van der Waals surface area contributed by atoms with E-state index in [1.807, 2.05) is 0 Å². The smallest absolute Gasteiger partial charge is 0.404 e. The molecule has 1 aromatic rings. The second kappa shape index (κ2) is 3.86. The Bertz CT molecular complexity index is 356. The summed E-state index contributed by atoms with van der Waals surface area (Å²) in [6, 6.07) is 2.23. The van der Waals surface area contributed by atoms with Gasteiger partial charge < -0.3 is 10.5 Å². The molecule has 1 rings (SSSR count). The van der Waals surface area contributed by atoms with Crippen molar-refractivity contribution in [3.63, 3.8) is 0 Å². The van der Waals surface area contributed by atoms with E-state index in [1.165, 1.54) is 6.07 Å². The average molecular weight is 290 g/mol. The van der Waals surface area contributed by atoms with Crippen molar-refractivity contribution in [1.29, 1.82) is 0 Å². The molecule has 0 aliphatic carbocycles. The number of hydrogen-bond acceptors (Lipinski definition) is 2. The molecule has 0 aromatic heterocycles. The topological polar surface area (TPSA) is 35.2 Å². The molecule has 0 aliphatic heterocycles. The Hall–Kier alpha value is -0.620. The number of nitrogens with two attached hydrogens (primary N) is 1. The van der Waals surface area contributed by atoms with E-state index in [2.05, 4.69) is 20.7 Å². The molecule has 0 heterocycles. The van der Waals surface area contributed by atoms with Gasteiger partial charge in [0.15, 0.2) is 5.75 Å². The minimum absolute atomic E-state index is 0.0958. The number of nitrogen functional groups attached to an aromatic ring is 1. The van der Waals surface area contributed by atoms with Crippen LogP contribution >= 0.6 is 27.5 Å². The van der Waals surface area contributed by atoms with E-state index in [0.29, 0.717) is 4.47 Å². The van der Waals surface area contributed by atoms with Crippen LogP contribution in [0.2, 0.25) is 5.02 Å². The predicted molar refractivity (Wildman–Crippen MR) is 50.2 cm³/mol. The summed E-state index contributed by atoms with van der Waals surface area (Å²) in [6.07, 6.45) is -4.77. The average Bonchev–Trinajstić information content (AvgIpc) is 1.97. The lowest BCUT2D eigenvalue weighted by molar-refractivity contribution is -0.274. The van der Waals surface area contributed by atoms with Gasteiger partial charge in [0.05, 0.1) is 10.7 Å². The van der Waals surface area contributed by atoms with E-state index in [0.717, 1.165) is 6.07 Å². The molecule has 0 fully saturated rings. The molecule has 14 heavy (non-hydrogen) atoms. The number of anilines is 1. The Morgan fingerprint density at radius 1 is 1.36 bits per heavy atom. The van der Waals surface area contributed by atoms with Crippen LogP contribution in [0.1, 0.15) is 0 Å². The summed E-state index contributed by atoms with van der Waals surface area (Å²) in [6.45, 7) is 0. The van der Waals surface area contributed by atoms with Gasteiger partial charge in [-0.15, -0.1) is 13.2 Å². The normalized spacial score (nSPS) is 11.5. The maximum atomic E-state index is 11.8. The van der Waals surface area contributed by atoms with Gasteiger partial charge in [-0.2, -0.15) is 0 Å². The molecule has 2 N–H and O–H groups in total. The molecule has 2 nitrogen and oxygen atoms in total. The number of halogens is 5. The third-order valence-corrected chi connectivity index (χ3v) is 2.48. The largest absolute Gasteiger partial charge is 0.573 e. The van der Waals surface area contributed by atoms with Crippen LogP contribution in [0.25, 0.3) is 0 Å². The molecular weight excluding hydrogens is 286 g/mol. The molecule has 0 amide bonds. The Morgan fingerprint density at radius 3 is 2.43 bits per heavy atom. The monoisotopic (exact) mass is 289 g/mol. The van der Waals surface area contributed by atoms with Crippen molar-refractivity contribution in [2.75, 3.05) is 5.73 Å². The summed E-state index contributed by atoms with van der Waals surface area (Å²) in [7, 11) is 0. The first-order valence-corrected chi connectivity index (χ1v) is 4.47. The quantitative estimate of drug-likeness (QED) is 0.802. The minimum Gasteiger partial charge on any atom is -0.404 e. The van der Waals surface area contributed by atoms with E-state index in [4.69, 9.17) is 17.3 Å². The zero-order valence-electron chi connectivity index (χ0n) is 6.53. The van der Waals surface area contributed by atoms with Crippen molar-refractivity contribution in [3.05, 3.63) is 21.6 Å². The fourth-order valence-corrected chi connectivity index (χ4v) is 1.27. The van der Waals surface area contributed by atoms with Crippen molar-refractivity contribution >= 4 is 33.2 Å². The van der Waals surface area contributed by atoms with Crippen molar-refractivity contribution < 1.29 is 17.9 Å². The molecular formula is C7H4BrClF3NO. The van der Waals surface area contributed by atoms with Crippen molar-refractivity contribution in [3.8, 4) is 5.75 Å². The molecule has 0 unspecified atom stereocenters. The van der Waals surface area contributed by atoms with Gasteiger partial charge in [-0.05, 0) is 22.0 Å². The minimum atomic E-state index is -4.77. The number of hydrogen-bond donors (Lipinski definition) is 1. The highest BCUT2D eigenvalue weighted by Gasteiger charge is 2.32. The van der Waals surface area contributed by atoms with E-state index in [1.54, 1.807) is 0 Å². The first-order chi connectivity index (χ1) is 6.29. The molecule has 1 aromatic carbocycles. The van der Waals surface area contributed by atoms with Crippen LogP contribution in [-0.2, 0) is 0 Å². The SMILES string of the molecule is Nc1cc(Br)c(Cl)cc1OC(F)(F)F. The van der Waals surface area contributed by atoms with Crippen molar-refractivity contribution in [2.45, 2.75) is 6.36 Å². The first-order valence-electron chi connectivity index (χ1n) is 3.30. The van der Waals surface area contributed by atoms with Crippen LogP contribution in [0.5, 0.6) is 5.75 Å². The third-order valence-electron chi connectivity index (χ3n) is 1.28. The van der Waals surface area contributed by atoms with Crippen LogP contribution in [0.3, 0.4) is 0 Å². The Balaban J connectivity index is 3.04. The fraction of sp³-hybridized carbons (Fsp3) is 0.143. The molecule has 7 heteroatoms. The van der Waals surface area contributed by atoms with Gasteiger partial charge in [0.1, 0.15) is 0 Å². The maximum Gasteiger partial charge on any atom is 0.573 e. The summed E-state index contributed by atoms with van der Waals surface area (Å²) in [4.78, 5) is 0. The van der Waals surface area contributed by atoms with Gasteiger partial charge >= 0.3 is 6.36 Å². The first kappa shape index (κ1) is 11.5. The predicted octanol–water partition coefficient (Wildman–Crippen LogP) is 3.58. The zero-order chi connectivity index (χ0) is 10.9. The lowest BCUT2D eigenvalue weighted by Crippen LogP contribution is -2.18. The molecule has 0 spiro atoms. The third kappa shape index (κ3) is 2.95. The second-order valence-electron chi connectivity index (χ2n) is 2.35. The van der Waals surface area contributed by atoms with E-state index >= 15 is 0 Å². The molecule has 78 valence electrons. The number of benzene rings is 1. The maximum absolute atomic E-state index is 11.8. The van der Waals surface area contributed by atoms with E-state index < -0.39 is 12.1 Å². The summed E-state index contributed by atoms with van der Waals surface area (Å²) < 4.78 is 39.5. The van der Waals surface area contributed by atoms with Gasteiger partial charge in [-0.1, -0.05) is 11.6 Å². The number of rotatable bonds is 1. The van der Waals surface area contributed by atoms with Crippen molar-refractivity contribution in [2.24, 2.45) is 0 Å². The van der Waals surface area contributed by atoms with Gasteiger partial charge in [0.25, 0.3) is 0 Å². The van der Waals surface area contributed by atoms with Crippen LogP contribution in [-0.4, -0.2) is 6.36 Å². The molecule has 0 saturated carbocycles. The Labute approximate surface area is 90.9 Å². The van der Waals surface area contributed by atoms with Crippen LogP contribution in [0.4, 0.5) is 18.9 Å². The van der Waals surface area contributed by atoms with Gasteiger partial charge in [0, 0.05) is 10.5 Å². The molecule has 0 saturated heterocycles. The van der Waals surface area contributed by atoms with Gasteiger partial charge in [-0.3, -0.25) is 0 Å². The van der Waals surface area contributed by atoms with Gasteiger partial charge in [0.2, 0.25) is 0 Å². The highest BCUT2D eigenvalue weighted by atomic mass is 79.9. The second-order valence-corrected chi connectivity index (χ2v) is 3.61. The van der Waals surface area contributed by atoms with E-state index in [-0.39, 0.29) is 10.7 Å². The highest BCUT2D eigenvalue weighted by molar-refractivity contribution is 9.10. The van der Waals surface area contributed by atoms with Crippen LogP contribution < -0.4 is 10.5 Å². The van der Waals surface area contributed by atoms with E-state index in [9.17, 15) is 13.2 Å².